The molecular weight excluding hydrogens is 325 g/mol. The van der Waals surface area contributed by atoms with E-state index in [9.17, 15) is 4.79 Å². The number of amides is 1. The van der Waals surface area contributed by atoms with Crippen molar-refractivity contribution < 1.29 is 9.53 Å². The van der Waals surface area contributed by atoms with Crippen LogP contribution in [0.25, 0.3) is 0 Å². The van der Waals surface area contributed by atoms with Gasteiger partial charge in [-0.05, 0) is 32.9 Å². The SMILES string of the molecule is Cc1nn(C)c(C)c1NC(=O)[C@@H](C)Oc1ccc(Cl)c(Cl)c1. The number of hydrogen-bond acceptors (Lipinski definition) is 3. The van der Waals surface area contributed by atoms with Gasteiger partial charge in [0, 0.05) is 13.1 Å². The van der Waals surface area contributed by atoms with Crippen molar-refractivity contribution in [3.63, 3.8) is 0 Å². The summed E-state index contributed by atoms with van der Waals surface area (Å²) in [6.45, 7) is 5.39. The Morgan fingerprint density at radius 1 is 1.32 bits per heavy atom. The predicted octanol–water partition coefficient (Wildman–Crippen LogP) is 3.75. The van der Waals surface area contributed by atoms with E-state index in [1.54, 1.807) is 29.8 Å². The molecule has 22 heavy (non-hydrogen) atoms. The quantitative estimate of drug-likeness (QED) is 0.921. The van der Waals surface area contributed by atoms with Crippen LogP contribution in [-0.4, -0.2) is 21.8 Å². The summed E-state index contributed by atoms with van der Waals surface area (Å²) in [5.41, 5.74) is 2.35. The van der Waals surface area contributed by atoms with Gasteiger partial charge in [0.25, 0.3) is 5.91 Å². The van der Waals surface area contributed by atoms with Crippen LogP contribution in [0.4, 0.5) is 5.69 Å². The van der Waals surface area contributed by atoms with Crippen molar-refractivity contribution in [3.8, 4) is 5.75 Å². The third kappa shape index (κ3) is 3.54. The lowest BCUT2D eigenvalue weighted by Gasteiger charge is -2.15. The van der Waals surface area contributed by atoms with Gasteiger partial charge < -0.3 is 10.1 Å². The van der Waals surface area contributed by atoms with Crippen LogP contribution in [0.15, 0.2) is 18.2 Å². The van der Waals surface area contributed by atoms with Gasteiger partial charge in [-0.2, -0.15) is 5.10 Å². The third-order valence-electron chi connectivity index (χ3n) is 3.33. The molecule has 0 fully saturated rings. The summed E-state index contributed by atoms with van der Waals surface area (Å²) in [5, 5.41) is 7.91. The average molecular weight is 342 g/mol. The van der Waals surface area contributed by atoms with Crippen molar-refractivity contribution in [3.05, 3.63) is 39.6 Å². The molecule has 0 aliphatic heterocycles. The predicted molar refractivity (Wildman–Crippen MR) is 87.9 cm³/mol. The summed E-state index contributed by atoms with van der Waals surface area (Å²) in [7, 11) is 1.83. The van der Waals surface area contributed by atoms with Crippen LogP contribution in [0.3, 0.4) is 0 Å². The normalized spacial score (nSPS) is 12.1. The number of aryl methyl sites for hydroxylation is 2. The molecule has 0 unspecified atom stereocenters. The van der Waals surface area contributed by atoms with Crippen molar-refractivity contribution in [2.75, 3.05) is 5.32 Å². The molecule has 0 aliphatic rings. The van der Waals surface area contributed by atoms with Gasteiger partial charge in [-0.25, -0.2) is 0 Å². The molecule has 1 atom stereocenters. The first-order chi connectivity index (χ1) is 10.3. The minimum absolute atomic E-state index is 0.259. The molecule has 0 saturated heterocycles. The largest absolute Gasteiger partial charge is 0.481 e. The van der Waals surface area contributed by atoms with Crippen molar-refractivity contribution >= 4 is 34.8 Å². The molecule has 1 heterocycles. The second kappa shape index (κ2) is 6.58. The molecule has 0 radical (unpaired) electrons. The summed E-state index contributed by atoms with van der Waals surface area (Å²) in [6.07, 6.45) is -0.684. The molecule has 1 aromatic heterocycles. The van der Waals surface area contributed by atoms with Crippen LogP contribution in [0.5, 0.6) is 5.75 Å². The maximum atomic E-state index is 12.3. The van der Waals surface area contributed by atoms with Crippen LogP contribution in [0.1, 0.15) is 18.3 Å². The number of carbonyl (C=O) groups excluding carboxylic acids is 1. The Morgan fingerprint density at radius 3 is 2.55 bits per heavy atom. The minimum atomic E-state index is -0.684. The van der Waals surface area contributed by atoms with E-state index >= 15 is 0 Å². The van der Waals surface area contributed by atoms with E-state index in [1.807, 2.05) is 20.9 Å². The zero-order valence-corrected chi connectivity index (χ0v) is 14.3. The fraction of sp³-hybridized carbons (Fsp3) is 0.333. The molecule has 1 aromatic carbocycles. The molecule has 0 bridgehead atoms. The molecule has 1 N–H and O–H groups in total. The summed E-state index contributed by atoms with van der Waals surface area (Å²) in [5.74, 6) is 0.224. The van der Waals surface area contributed by atoms with E-state index in [2.05, 4.69) is 10.4 Å². The second-order valence-electron chi connectivity index (χ2n) is 4.99. The maximum Gasteiger partial charge on any atom is 0.265 e. The summed E-state index contributed by atoms with van der Waals surface area (Å²) in [4.78, 5) is 12.3. The van der Waals surface area contributed by atoms with E-state index in [0.717, 1.165) is 11.4 Å². The first-order valence-corrected chi connectivity index (χ1v) is 7.48. The molecule has 0 aliphatic carbocycles. The highest BCUT2D eigenvalue weighted by molar-refractivity contribution is 6.42. The van der Waals surface area contributed by atoms with Crippen molar-refractivity contribution in [2.45, 2.75) is 26.9 Å². The van der Waals surface area contributed by atoms with Crippen LogP contribution in [0, 0.1) is 13.8 Å². The number of hydrogen-bond donors (Lipinski definition) is 1. The van der Waals surface area contributed by atoms with Crippen LogP contribution in [-0.2, 0) is 11.8 Å². The van der Waals surface area contributed by atoms with Gasteiger partial charge in [0.2, 0.25) is 0 Å². The van der Waals surface area contributed by atoms with Crippen LogP contribution < -0.4 is 10.1 Å². The fourth-order valence-electron chi connectivity index (χ4n) is 1.99. The third-order valence-corrected chi connectivity index (χ3v) is 4.07. The van der Waals surface area contributed by atoms with E-state index in [4.69, 9.17) is 27.9 Å². The topological polar surface area (TPSA) is 56.2 Å². The highest BCUT2D eigenvalue weighted by Crippen LogP contribution is 2.27. The highest BCUT2D eigenvalue weighted by Gasteiger charge is 2.19. The molecule has 1 amide bonds. The lowest BCUT2D eigenvalue weighted by Crippen LogP contribution is -2.30. The summed E-state index contributed by atoms with van der Waals surface area (Å²) in [6, 6.07) is 4.87. The number of carbonyl (C=O) groups is 1. The molecule has 0 spiro atoms. The van der Waals surface area contributed by atoms with Gasteiger partial charge in [-0.3, -0.25) is 9.48 Å². The number of benzene rings is 1. The van der Waals surface area contributed by atoms with Crippen LogP contribution in [0.2, 0.25) is 10.0 Å². The molecule has 2 aromatic rings. The lowest BCUT2D eigenvalue weighted by molar-refractivity contribution is -0.122. The number of aromatic nitrogens is 2. The van der Waals surface area contributed by atoms with Crippen LogP contribution >= 0.6 is 23.2 Å². The Hall–Kier alpha value is -1.72. The van der Waals surface area contributed by atoms with Gasteiger partial charge in [0.1, 0.15) is 5.75 Å². The van der Waals surface area contributed by atoms with Gasteiger partial charge in [0.05, 0.1) is 27.1 Å². The smallest absolute Gasteiger partial charge is 0.265 e. The number of anilines is 1. The molecule has 7 heteroatoms. The molecular formula is C15H17Cl2N3O2. The summed E-state index contributed by atoms with van der Waals surface area (Å²) >= 11 is 11.8. The van der Waals surface area contributed by atoms with Gasteiger partial charge >= 0.3 is 0 Å². The number of nitrogens with zero attached hydrogens (tertiary/aromatic N) is 2. The highest BCUT2D eigenvalue weighted by atomic mass is 35.5. The molecule has 0 saturated carbocycles. The number of rotatable bonds is 4. The van der Waals surface area contributed by atoms with E-state index in [0.29, 0.717) is 21.5 Å². The zero-order valence-electron chi connectivity index (χ0n) is 12.8. The van der Waals surface area contributed by atoms with Gasteiger partial charge in [0.15, 0.2) is 6.10 Å². The van der Waals surface area contributed by atoms with E-state index in [1.165, 1.54) is 0 Å². The first kappa shape index (κ1) is 16.6. The Kier molecular flexibility index (Phi) is 4.98. The van der Waals surface area contributed by atoms with Gasteiger partial charge in [-0.1, -0.05) is 23.2 Å². The average Bonchev–Trinajstić information content (AvgIpc) is 2.69. The van der Waals surface area contributed by atoms with Crippen molar-refractivity contribution in [1.29, 1.82) is 0 Å². The lowest BCUT2D eigenvalue weighted by atomic mass is 10.3. The molecule has 118 valence electrons. The number of halogens is 2. The Balaban J connectivity index is 2.07. The van der Waals surface area contributed by atoms with Crippen molar-refractivity contribution in [1.82, 2.24) is 9.78 Å². The Bertz CT molecular complexity index is 713. The molecule has 5 nitrogen and oxygen atoms in total. The summed E-state index contributed by atoms with van der Waals surface area (Å²) < 4.78 is 7.31. The zero-order chi connectivity index (χ0) is 16.4. The van der Waals surface area contributed by atoms with E-state index in [-0.39, 0.29) is 5.91 Å². The Morgan fingerprint density at radius 2 is 2.00 bits per heavy atom. The second-order valence-corrected chi connectivity index (χ2v) is 5.81. The van der Waals surface area contributed by atoms with Crippen molar-refractivity contribution in [2.24, 2.45) is 7.05 Å². The molecule has 2 rings (SSSR count). The number of ether oxygens (including phenoxy) is 1. The van der Waals surface area contributed by atoms with Gasteiger partial charge in [-0.15, -0.1) is 0 Å². The first-order valence-electron chi connectivity index (χ1n) is 6.72. The standard InChI is InChI=1S/C15H17Cl2N3O2/c1-8-14(9(2)20(4)19-8)18-15(21)10(3)22-11-5-6-12(16)13(17)7-11/h5-7,10H,1-4H3,(H,18,21)/t10-/m1/s1. The Labute approximate surface area is 139 Å². The minimum Gasteiger partial charge on any atom is -0.481 e. The fourth-order valence-corrected chi connectivity index (χ4v) is 2.28. The van der Waals surface area contributed by atoms with E-state index < -0.39 is 6.10 Å². The number of nitrogens with one attached hydrogen (secondary N) is 1. The maximum absolute atomic E-state index is 12.3. The monoisotopic (exact) mass is 341 g/mol.